The fraction of sp³-hybridized carbons (Fsp3) is 0.222. The fourth-order valence-electron chi connectivity index (χ4n) is 2.54. The van der Waals surface area contributed by atoms with Crippen LogP contribution in [-0.4, -0.2) is 39.9 Å². The highest BCUT2D eigenvalue weighted by Gasteiger charge is 2.16. The average molecular weight is 369 g/mol. The molecule has 0 radical (unpaired) electrons. The van der Waals surface area contributed by atoms with Crippen LogP contribution in [0.5, 0.6) is 11.5 Å². The summed E-state index contributed by atoms with van der Waals surface area (Å²) in [6.45, 7) is 3.48. The number of aryl methyl sites for hydroxylation is 2. The number of hydrogen-bond acceptors (Lipinski definition) is 6. The number of methoxy groups -OCH3 is 2. The van der Waals surface area contributed by atoms with Gasteiger partial charge < -0.3 is 14.8 Å². The first-order valence-corrected chi connectivity index (χ1v) is 8.09. The second-order valence-electron chi connectivity index (χ2n) is 5.85. The summed E-state index contributed by atoms with van der Waals surface area (Å²) in [5.41, 5.74) is 1.23. The summed E-state index contributed by atoms with van der Waals surface area (Å²) >= 11 is 0. The highest BCUT2D eigenvalue weighted by Crippen LogP contribution is 2.23. The Morgan fingerprint density at radius 1 is 1.04 bits per heavy atom. The van der Waals surface area contributed by atoms with E-state index >= 15 is 0 Å². The number of ether oxygens (including phenoxy) is 2. The van der Waals surface area contributed by atoms with Crippen LogP contribution in [0.2, 0.25) is 0 Å². The summed E-state index contributed by atoms with van der Waals surface area (Å²) in [6, 6.07) is 7.92. The van der Waals surface area contributed by atoms with Gasteiger partial charge in [0.25, 0.3) is 11.5 Å². The Labute approximate surface area is 155 Å². The van der Waals surface area contributed by atoms with Gasteiger partial charge in [0.1, 0.15) is 17.3 Å². The van der Waals surface area contributed by atoms with Crippen LogP contribution < -0.4 is 20.3 Å². The van der Waals surface area contributed by atoms with Gasteiger partial charge >= 0.3 is 0 Å². The zero-order valence-corrected chi connectivity index (χ0v) is 15.4. The molecule has 0 bridgehead atoms. The van der Waals surface area contributed by atoms with Crippen LogP contribution in [0, 0.1) is 13.8 Å². The number of aromatic amines is 1. The molecule has 3 rings (SSSR count). The molecule has 1 aromatic carbocycles. The molecular weight excluding hydrogens is 350 g/mol. The molecule has 9 heteroatoms. The predicted molar refractivity (Wildman–Crippen MR) is 99.0 cm³/mol. The Balaban J connectivity index is 1.97. The number of nitrogens with zero attached hydrogens (tertiary/aromatic N) is 3. The maximum absolute atomic E-state index is 12.7. The number of hydrogen-bond donors (Lipinski definition) is 2. The van der Waals surface area contributed by atoms with E-state index < -0.39 is 0 Å². The molecule has 0 saturated carbocycles. The van der Waals surface area contributed by atoms with Crippen molar-refractivity contribution in [3.63, 3.8) is 0 Å². The lowest BCUT2D eigenvalue weighted by Crippen LogP contribution is -2.19. The van der Waals surface area contributed by atoms with Gasteiger partial charge in [0.2, 0.25) is 5.95 Å². The Bertz CT molecular complexity index is 1030. The van der Waals surface area contributed by atoms with E-state index in [1.807, 2.05) is 0 Å². The largest absolute Gasteiger partial charge is 0.497 e. The number of rotatable bonds is 5. The molecule has 0 spiro atoms. The smallest absolute Gasteiger partial charge is 0.257 e. The summed E-state index contributed by atoms with van der Waals surface area (Å²) in [4.78, 5) is 31.3. The van der Waals surface area contributed by atoms with Crippen LogP contribution in [0.1, 0.15) is 21.7 Å². The molecule has 2 aromatic heterocycles. The normalized spacial score (nSPS) is 10.5. The molecule has 0 atom stereocenters. The number of amides is 1. The van der Waals surface area contributed by atoms with Gasteiger partial charge in [-0.25, -0.2) is 4.98 Å². The quantitative estimate of drug-likeness (QED) is 0.710. The van der Waals surface area contributed by atoms with E-state index in [0.717, 1.165) is 0 Å². The van der Waals surface area contributed by atoms with E-state index in [4.69, 9.17) is 9.47 Å². The summed E-state index contributed by atoms with van der Waals surface area (Å²) in [6.07, 6.45) is 0. The maximum Gasteiger partial charge on any atom is 0.257 e. The summed E-state index contributed by atoms with van der Waals surface area (Å²) in [5, 5.41) is 7.07. The molecule has 0 fully saturated rings. The minimum atomic E-state index is -0.386. The maximum atomic E-state index is 12.7. The Kier molecular flexibility index (Phi) is 4.93. The molecule has 9 nitrogen and oxygen atoms in total. The molecule has 2 N–H and O–H groups in total. The van der Waals surface area contributed by atoms with Crippen molar-refractivity contribution in [2.75, 3.05) is 19.5 Å². The SMILES string of the molecule is COc1cc(OC)cc(C(=O)Nc2cc(C)nn2-c2nc(C)cc(=O)[nH]2)c1. The molecule has 1 amide bonds. The molecule has 0 saturated heterocycles. The fourth-order valence-corrected chi connectivity index (χ4v) is 2.54. The highest BCUT2D eigenvalue weighted by atomic mass is 16.5. The van der Waals surface area contributed by atoms with Crippen molar-refractivity contribution < 1.29 is 14.3 Å². The highest BCUT2D eigenvalue weighted by molar-refractivity contribution is 6.04. The van der Waals surface area contributed by atoms with Crippen LogP contribution in [0.3, 0.4) is 0 Å². The molecule has 2 heterocycles. The average Bonchev–Trinajstić information content (AvgIpc) is 3.00. The van der Waals surface area contributed by atoms with Gasteiger partial charge in [-0.3, -0.25) is 14.6 Å². The Morgan fingerprint density at radius 3 is 2.30 bits per heavy atom. The first-order valence-electron chi connectivity index (χ1n) is 8.09. The van der Waals surface area contributed by atoms with Crippen LogP contribution in [0.25, 0.3) is 5.95 Å². The van der Waals surface area contributed by atoms with Crippen LogP contribution >= 0.6 is 0 Å². The first kappa shape index (κ1) is 18.2. The van der Waals surface area contributed by atoms with E-state index in [-0.39, 0.29) is 17.4 Å². The number of carbonyl (C=O) groups excluding carboxylic acids is 1. The van der Waals surface area contributed by atoms with Gasteiger partial charge in [-0.05, 0) is 26.0 Å². The van der Waals surface area contributed by atoms with Crippen molar-refractivity contribution in [2.45, 2.75) is 13.8 Å². The van der Waals surface area contributed by atoms with E-state index in [0.29, 0.717) is 34.3 Å². The van der Waals surface area contributed by atoms with Gasteiger partial charge in [0.15, 0.2) is 0 Å². The second-order valence-corrected chi connectivity index (χ2v) is 5.85. The van der Waals surface area contributed by atoms with Gasteiger partial charge in [-0.2, -0.15) is 9.78 Å². The minimum absolute atomic E-state index is 0.214. The van der Waals surface area contributed by atoms with Gasteiger partial charge in [0, 0.05) is 29.5 Å². The molecule has 27 heavy (non-hydrogen) atoms. The van der Waals surface area contributed by atoms with Gasteiger partial charge in [-0.15, -0.1) is 0 Å². The first-order chi connectivity index (χ1) is 12.9. The number of anilines is 1. The van der Waals surface area contributed by atoms with Crippen LogP contribution in [0.4, 0.5) is 5.82 Å². The summed E-state index contributed by atoms with van der Waals surface area (Å²) in [5.74, 6) is 1.19. The van der Waals surface area contributed by atoms with Crippen molar-refractivity contribution in [1.82, 2.24) is 19.7 Å². The van der Waals surface area contributed by atoms with Crippen molar-refractivity contribution in [1.29, 1.82) is 0 Å². The Morgan fingerprint density at radius 2 is 1.70 bits per heavy atom. The topological polar surface area (TPSA) is 111 Å². The summed E-state index contributed by atoms with van der Waals surface area (Å²) < 4.78 is 11.8. The molecule has 0 aliphatic rings. The van der Waals surface area contributed by atoms with Crippen molar-refractivity contribution >= 4 is 11.7 Å². The molecule has 3 aromatic rings. The third-order valence-corrected chi connectivity index (χ3v) is 3.74. The molecule has 0 aliphatic carbocycles. The lowest BCUT2D eigenvalue weighted by atomic mass is 10.2. The van der Waals surface area contributed by atoms with E-state index in [1.165, 1.54) is 25.0 Å². The third kappa shape index (κ3) is 3.97. The number of nitrogens with one attached hydrogen (secondary N) is 2. The summed E-state index contributed by atoms with van der Waals surface area (Å²) in [7, 11) is 3.02. The second kappa shape index (κ2) is 7.32. The standard InChI is InChI=1S/C18H19N5O4/c1-10-6-16(24)21-18(19-10)23-15(5-11(2)22-23)20-17(25)12-7-13(26-3)9-14(8-12)27-4/h5-9H,1-4H3,(H,20,25)(H,19,21,24). The van der Waals surface area contributed by atoms with Crippen molar-refractivity contribution in [2.24, 2.45) is 0 Å². The van der Waals surface area contributed by atoms with Crippen molar-refractivity contribution in [3.8, 4) is 17.4 Å². The number of aromatic nitrogens is 4. The number of H-pyrrole nitrogens is 1. The zero-order valence-electron chi connectivity index (χ0n) is 15.4. The van der Waals surface area contributed by atoms with Crippen molar-refractivity contribution in [3.05, 3.63) is 57.6 Å². The van der Waals surface area contributed by atoms with Crippen LogP contribution in [-0.2, 0) is 0 Å². The zero-order chi connectivity index (χ0) is 19.6. The van der Waals surface area contributed by atoms with E-state index in [2.05, 4.69) is 20.4 Å². The number of carbonyl (C=O) groups is 1. The Hall–Kier alpha value is -3.62. The predicted octanol–water partition coefficient (Wildman–Crippen LogP) is 1.84. The monoisotopic (exact) mass is 369 g/mol. The molecule has 0 unspecified atom stereocenters. The van der Waals surface area contributed by atoms with E-state index in [1.54, 1.807) is 38.1 Å². The molecule has 140 valence electrons. The lowest BCUT2D eigenvalue weighted by molar-refractivity contribution is 0.102. The molecule has 0 aliphatic heterocycles. The van der Waals surface area contributed by atoms with Gasteiger partial charge in [-0.1, -0.05) is 0 Å². The number of benzene rings is 1. The van der Waals surface area contributed by atoms with Gasteiger partial charge in [0.05, 0.1) is 19.9 Å². The minimum Gasteiger partial charge on any atom is -0.497 e. The third-order valence-electron chi connectivity index (χ3n) is 3.74. The lowest BCUT2D eigenvalue weighted by Gasteiger charge is -2.10. The molecular formula is C18H19N5O4. The van der Waals surface area contributed by atoms with E-state index in [9.17, 15) is 9.59 Å². The van der Waals surface area contributed by atoms with Crippen LogP contribution in [0.15, 0.2) is 35.1 Å².